The standard InChI is InChI=1S/C10H16N2O2S/c1-4-8(5-13)12-10(14)9-6(2)15-7(3)11-9/h8,13H,4-5H2,1-3H3,(H,12,14). The third kappa shape index (κ3) is 3.00. The van der Waals surface area contributed by atoms with Gasteiger partial charge in [0.1, 0.15) is 5.69 Å². The lowest BCUT2D eigenvalue weighted by Gasteiger charge is -2.12. The normalized spacial score (nSPS) is 12.5. The van der Waals surface area contributed by atoms with Crippen molar-refractivity contribution in [1.82, 2.24) is 10.3 Å². The highest BCUT2D eigenvalue weighted by Crippen LogP contribution is 2.16. The number of hydrogen-bond acceptors (Lipinski definition) is 4. The number of rotatable bonds is 4. The van der Waals surface area contributed by atoms with E-state index in [4.69, 9.17) is 5.11 Å². The number of aliphatic hydroxyl groups excluding tert-OH is 1. The average molecular weight is 228 g/mol. The van der Waals surface area contributed by atoms with Crippen molar-refractivity contribution >= 4 is 17.2 Å². The molecule has 1 unspecified atom stereocenters. The second kappa shape index (κ2) is 5.23. The van der Waals surface area contributed by atoms with Crippen molar-refractivity contribution in [2.24, 2.45) is 0 Å². The molecule has 1 aromatic rings. The summed E-state index contributed by atoms with van der Waals surface area (Å²) in [4.78, 5) is 16.8. The molecule has 0 aliphatic heterocycles. The van der Waals surface area contributed by atoms with Crippen molar-refractivity contribution in [2.45, 2.75) is 33.2 Å². The van der Waals surface area contributed by atoms with Gasteiger partial charge in [0.05, 0.1) is 17.7 Å². The van der Waals surface area contributed by atoms with E-state index in [-0.39, 0.29) is 18.6 Å². The van der Waals surface area contributed by atoms with E-state index in [0.29, 0.717) is 12.1 Å². The van der Waals surface area contributed by atoms with Gasteiger partial charge in [0, 0.05) is 4.88 Å². The number of thiazole rings is 1. The van der Waals surface area contributed by atoms with E-state index >= 15 is 0 Å². The van der Waals surface area contributed by atoms with E-state index in [1.54, 1.807) is 0 Å². The lowest BCUT2D eigenvalue weighted by Crippen LogP contribution is -2.37. The molecule has 0 bridgehead atoms. The van der Waals surface area contributed by atoms with Gasteiger partial charge in [-0.1, -0.05) is 6.92 Å². The minimum absolute atomic E-state index is 0.0373. The second-order valence-corrected chi connectivity index (χ2v) is 4.81. The molecule has 0 aromatic carbocycles. The van der Waals surface area contributed by atoms with Gasteiger partial charge in [0.2, 0.25) is 0 Å². The van der Waals surface area contributed by atoms with Gasteiger partial charge in [-0.2, -0.15) is 0 Å². The number of carbonyl (C=O) groups excluding carboxylic acids is 1. The molecule has 0 fully saturated rings. The number of aryl methyl sites for hydroxylation is 2. The van der Waals surface area contributed by atoms with Gasteiger partial charge in [-0.05, 0) is 20.3 Å². The molecule has 4 nitrogen and oxygen atoms in total. The maximum absolute atomic E-state index is 11.7. The van der Waals surface area contributed by atoms with Crippen LogP contribution < -0.4 is 5.32 Å². The number of carbonyl (C=O) groups is 1. The Kier molecular flexibility index (Phi) is 4.23. The van der Waals surface area contributed by atoms with Crippen LogP contribution in [0.25, 0.3) is 0 Å². The lowest BCUT2D eigenvalue weighted by molar-refractivity contribution is 0.0910. The minimum atomic E-state index is -0.197. The predicted molar refractivity (Wildman–Crippen MR) is 60.2 cm³/mol. The van der Waals surface area contributed by atoms with E-state index in [2.05, 4.69) is 10.3 Å². The summed E-state index contributed by atoms with van der Waals surface area (Å²) in [5, 5.41) is 12.6. The monoisotopic (exact) mass is 228 g/mol. The Morgan fingerprint density at radius 1 is 1.60 bits per heavy atom. The Bertz CT molecular complexity index is 345. The fraction of sp³-hybridized carbons (Fsp3) is 0.600. The third-order valence-corrected chi connectivity index (χ3v) is 3.05. The van der Waals surface area contributed by atoms with E-state index in [1.165, 1.54) is 11.3 Å². The van der Waals surface area contributed by atoms with Crippen LogP contribution in [0.1, 0.15) is 33.7 Å². The van der Waals surface area contributed by atoms with Crippen LogP contribution in [-0.4, -0.2) is 28.6 Å². The van der Waals surface area contributed by atoms with Crippen molar-refractivity contribution in [3.63, 3.8) is 0 Å². The first-order chi connectivity index (χ1) is 7.08. The Labute approximate surface area is 93.4 Å². The maximum Gasteiger partial charge on any atom is 0.271 e. The third-order valence-electron chi connectivity index (χ3n) is 2.17. The Hall–Kier alpha value is -0.940. The summed E-state index contributed by atoms with van der Waals surface area (Å²) in [6.07, 6.45) is 0.713. The summed E-state index contributed by atoms with van der Waals surface area (Å²) in [5.41, 5.74) is 0.476. The summed E-state index contributed by atoms with van der Waals surface area (Å²) >= 11 is 1.51. The van der Waals surface area contributed by atoms with Gasteiger partial charge in [-0.3, -0.25) is 4.79 Å². The Morgan fingerprint density at radius 2 is 2.27 bits per heavy atom. The number of nitrogens with one attached hydrogen (secondary N) is 1. The van der Waals surface area contributed by atoms with Crippen molar-refractivity contribution in [2.75, 3.05) is 6.61 Å². The summed E-state index contributed by atoms with van der Waals surface area (Å²) in [7, 11) is 0. The molecule has 0 saturated carbocycles. The fourth-order valence-corrected chi connectivity index (χ4v) is 2.09. The SMILES string of the molecule is CCC(CO)NC(=O)c1nc(C)sc1C. The molecule has 1 atom stereocenters. The first kappa shape index (κ1) is 12.1. The predicted octanol–water partition coefficient (Wildman–Crippen LogP) is 1.26. The van der Waals surface area contributed by atoms with E-state index in [9.17, 15) is 4.79 Å². The number of aromatic nitrogens is 1. The number of aliphatic hydroxyl groups is 1. The molecule has 0 aliphatic carbocycles. The molecular weight excluding hydrogens is 212 g/mol. The minimum Gasteiger partial charge on any atom is -0.394 e. The molecule has 0 saturated heterocycles. The molecule has 1 amide bonds. The lowest BCUT2D eigenvalue weighted by atomic mass is 10.2. The fourth-order valence-electron chi connectivity index (χ4n) is 1.27. The summed E-state index contributed by atoms with van der Waals surface area (Å²) in [6.45, 7) is 5.63. The summed E-state index contributed by atoms with van der Waals surface area (Å²) in [6, 6.07) is -0.182. The first-order valence-corrected chi connectivity index (χ1v) is 5.75. The molecule has 5 heteroatoms. The number of hydrogen-bond donors (Lipinski definition) is 2. The molecule has 1 aromatic heterocycles. The van der Waals surface area contributed by atoms with E-state index in [1.807, 2.05) is 20.8 Å². The Balaban J connectivity index is 2.72. The number of nitrogens with zero attached hydrogens (tertiary/aromatic N) is 1. The van der Waals surface area contributed by atoms with Crippen LogP contribution in [0, 0.1) is 13.8 Å². The van der Waals surface area contributed by atoms with Crippen LogP contribution in [0.5, 0.6) is 0 Å². The summed E-state index contributed by atoms with van der Waals surface area (Å²) < 4.78 is 0. The number of amides is 1. The molecule has 1 rings (SSSR count). The molecule has 0 spiro atoms. The van der Waals surface area contributed by atoms with Crippen LogP contribution in [0.2, 0.25) is 0 Å². The summed E-state index contributed by atoms with van der Waals surface area (Å²) in [5.74, 6) is -0.197. The van der Waals surface area contributed by atoms with Crippen LogP contribution >= 0.6 is 11.3 Å². The smallest absolute Gasteiger partial charge is 0.271 e. The zero-order valence-electron chi connectivity index (χ0n) is 9.20. The highest BCUT2D eigenvalue weighted by atomic mass is 32.1. The van der Waals surface area contributed by atoms with E-state index in [0.717, 1.165) is 9.88 Å². The van der Waals surface area contributed by atoms with E-state index < -0.39 is 0 Å². The van der Waals surface area contributed by atoms with Gasteiger partial charge < -0.3 is 10.4 Å². The largest absolute Gasteiger partial charge is 0.394 e. The highest BCUT2D eigenvalue weighted by molar-refractivity contribution is 7.11. The van der Waals surface area contributed by atoms with Gasteiger partial charge in [-0.25, -0.2) is 4.98 Å². The van der Waals surface area contributed by atoms with Crippen molar-refractivity contribution < 1.29 is 9.90 Å². The van der Waals surface area contributed by atoms with Crippen LogP contribution in [0.3, 0.4) is 0 Å². The Morgan fingerprint density at radius 3 is 2.67 bits per heavy atom. The zero-order chi connectivity index (χ0) is 11.4. The zero-order valence-corrected chi connectivity index (χ0v) is 10.0. The second-order valence-electron chi connectivity index (χ2n) is 3.40. The maximum atomic E-state index is 11.7. The van der Waals surface area contributed by atoms with Gasteiger partial charge >= 0.3 is 0 Å². The molecule has 2 N–H and O–H groups in total. The molecule has 84 valence electrons. The molecule has 1 heterocycles. The van der Waals surface area contributed by atoms with Gasteiger partial charge in [0.25, 0.3) is 5.91 Å². The van der Waals surface area contributed by atoms with Crippen molar-refractivity contribution in [3.8, 4) is 0 Å². The first-order valence-electron chi connectivity index (χ1n) is 4.94. The van der Waals surface area contributed by atoms with Crippen LogP contribution in [0.4, 0.5) is 0 Å². The molecular formula is C10H16N2O2S. The van der Waals surface area contributed by atoms with Crippen LogP contribution in [-0.2, 0) is 0 Å². The average Bonchev–Trinajstić information content (AvgIpc) is 2.54. The van der Waals surface area contributed by atoms with Crippen molar-refractivity contribution in [3.05, 3.63) is 15.6 Å². The highest BCUT2D eigenvalue weighted by Gasteiger charge is 2.16. The van der Waals surface area contributed by atoms with Crippen LogP contribution in [0.15, 0.2) is 0 Å². The van der Waals surface area contributed by atoms with Gasteiger partial charge in [0.15, 0.2) is 0 Å². The molecule has 0 aliphatic rings. The topological polar surface area (TPSA) is 62.2 Å². The quantitative estimate of drug-likeness (QED) is 0.815. The molecule has 0 radical (unpaired) electrons. The molecule has 15 heavy (non-hydrogen) atoms. The van der Waals surface area contributed by atoms with Gasteiger partial charge in [-0.15, -0.1) is 11.3 Å². The van der Waals surface area contributed by atoms with Crippen molar-refractivity contribution in [1.29, 1.82) is 0 Å².